The number of rotatable bonds is 4. The van der Waals surface area contributed by atoms with Crippen molar-refractivity contribution in [2.45, 2.75) is 0 Å². The lowest BCUT2D eigenvalue weighted by Gasteiger charge is -2.04. The summed E-state index contributed by atoms with van der Waals surface area (Å²) in [7, 11) is 0. The van der Waals surface area contributed by atoms with Gasteiger partial charge in [-0.2, -0.15) is 0 Å². The van der Waals surface area contributed by atoms with E-state index in [4.69, 9.17) is 4.42 Å². The van der Waals surface area contributed by atoms with Crippen molar-refractivity contribution in [1.82, 2.24) is 4.98 Å². The Morgan fingerprint density at radius 2 is 1.58 bits per heavy atom. The van der Waals surface area contributed by atoms with Crippen LogP contribution in [0.3, 0.4) is 0 Å². The molecule has 0 radical (unpaired) electrons. The van der Waals surface area contributed by atoms with E-state index in [2.05, 4.69) is 4.98 Å². The summed E-state index contributed by atoms with van der Waals surface area (Å²) >= 11 is 0. The van der Waals surface area contributed by atoms with Crippen molar-refractivity contribution in [1.29, 1.82) is 0 Å². The fraction of sp³-hybridized carbons (Fsp3) is 0. The molecule has 3 nitrogen and oxygen atoms in total. The number of nitrogens with zero attached hydrogens (tertiary/aromatic N) is 1. The maximum atomic E-state index is 13.2. The van der Waals surface area contributed by atoms with Crippen molar-refractivity contribution < 1.29 is 13.6 Å². The molecular formula is C22H14FNO2. The molecule has 0 aliphatic heterocycles. The number of benzene rings is 3. The number of oxazole rings is 1. The number of carbonyl (C=O) groups excluding carboxylic acids is 1. The summed E-state index contributed by atoms with van der Waals surface area (Å²) in [6, 6.07) is 22.2. The number of halogens is 1. The second-order valence-corrected chi connectivity index (χ2v) is 5.79. The fourth-order valence-electron chi connectivity index (χ4n) is 2.68. The Morgan fingerprint density at radius 3 is 2.31 bits per heavy atom. The van der Waals surface area contributed by atoms with Crippen LogP contribution in [-0.2, 0) is 0 Å². The lowest BCUT2D eigenvalue weighted by molar-refractivity contribution is 0.105. The predicted molar refractivity (Wildman–Crippen MR) is 99.1 cm³/mol. The highest BCUT2D eigenvalue weighted by molar-refractivity contribution is 6.31. The van der Waals surface area contributed by atoms with Crippen LogP contribution in [0.25, 0.3) is 22.7 Å². The van der Waals surface area contributed by atoms with Crippen LogP contribution in [0.4, 0.5) is 4.39 Å². The Hall–Kier alpha value is -3.53. The smallest absolute Gasteiger partial charge is 0.231 e. The minimum atomic E-state index is -0.333. The van der Waals surface area contributed by atoms with Crippen LogP contribution in [-0.4, -0.2) is 10.8 Å². The number of Topliss-reactive ketones (excluding diaryl/α,β-unsaturated/α-hetero) is 1. The van der Waals surface area contributed by atoms with Crippen LogP contribution in [0, 0.1) is 5.82 Å². The molecule has 26 heavy (non-hydrogen) atoms. The molecule has 0 N–H and O–H groups in total. The first kappa shape index (κ1) is 16.0. The molecule has 0 aliphatic rings. The number of hydrogen-bond acceptors (Lipinski definition) is 3. The molecule has 0 bridgehead atoms. The molecule has 0 fully saturated rings. The van der Waals surface area contributed by atoms with E-state index in [0.717, 1.165) is 0 Å². The molecule has 0 unspecified atom stereocenters. The zero-order valence-corrected chi connectivity index (χ0v) is 13.7. The van der Waals surface area contributed by atoms with Crippen LogP contribution in [0.15, 0.2) is 83.3 Å². The van der Waals surface area contributed by atoms with Crippen molar-refractivity contribution in [3.05, 3.63) is 102 Å². The van der Waals surface area contributed by atoms with Crippen LogP contribution in [0.5, 0.6) is 0 Å². The van der Waals surface area contributed by atoms with Gasteiger partial charge in [-0.1, -0.05) is 54.6 Å². The first-order valence-corrected chi connectivity index (χ1v) is 8.14. The Balaban J connectivity index is 1.85. The van der Waals surface area contributed by atoms with E-state index in [0.29, 0.717) is 27.8 Å². The molecule has 4 aromatic rings. The summed E-state index contributed by atoms with van der Waals surface area (Å²) in [5, 5.41) is 0. The standard InChI is InChI=1S/C22H14FNO2/c23-17-12-10-15(11-13-17)14-18(21(25)16-6-2-1-3-7-16)22-24-19-8-4-5-9-20(19)26-22/h1-14H/b18-14-. The van der Waals surface area contributed by atoms with Crippen molar-refractivity contribution >= 4 is 28.5 Å². The lowest BCUT2D eigenvalue weighted by Crippen LogP contribution is -2.03. The third-order valence-corrected chi connectivity index (χ3v) is 3.99. The first-order valence-electron chi connectivity index (χ1n) is 8.14. The second kappa shape index (κ2) is 6.76. The monoisotopic (exact) mass is 343 g/mol. The van der Waals surface area contributed by atoms with Crippen molar-refractivity contribution in [3.63, 3.8) is 0 Å². The Bertz CT molecular complexity index is 1060. The van der Waals surface area contributed by atoms with Gasteiger partial charge in [0.05, 0.1) is 5.57 Å². The van der Waals surface area contributed by atoms with E-state index in [9.17, 15) is 9.18 Å². The SMILES string of the molecule is O=C(/C(=C/c1ccc(F)cc1)c1nc2ccccc2o1)c1ccccc1. The topological polar surface area (TPSA) is 43.1 Å². The van der Waals surface area contributed by atoms with Gasteiger partial charge in [0, 0.05) is 5.56 Å². The average molecular weight is 343 g/mol. The number of carbonyl (C=O) groups is 1. The normalized spacial score (nSPS) is 11.7. The largest absolute Gasteiger partial charge is 0.436 e. The molecular weight excluding hydrogens is 329 g/mol. The highest BCUT2D eigenvalue weighted by atomic mass is 19.1. The molecule has 0 spiro atoms. The summed E-state index contributed by atoms with van der Waals surface area (Å²) in [6.45, 7) is 0. The maximum Gasteiger partial charge on any atom is 0.231 e. The highest BCUT2D eigenvalue weighted by Gasteiger charge is 2.20. The van der Waals surface area contributed by atoms with E-state index in [1.165, 1.54) is 12.1 Å². The molecule has 1 heterocycles. The molecule has 3 aromatic carbocycles. The number of allylic oxidation sites excluding steroid dienone is 1. The van der Waals surface area contributed by atoms with Crippen LogP contribution < -0.4 is 0 Å². The van der Waals surface area contributed by atoms with Gasteiger partial charge in [-0.05, 0) is 35.9 Å². The average Bonchev–Trinajstić information content (AvgIpc) is 3.11. The van der Waals surface area contributed by atoms with Crippen LogP contribution in [0.1, 0.15) is 21.8 Å². The van der Waals surface area contributed by atoms with Crippen molar-refractivity contribution in [3.8, 4) is 0 Å². The Morgan fingerprint density at radius 1 is 0.885 bits per heavy atom. The minimum absolute atomic E-state index is 0.207. The van der Waals surface area contributed by atoms with E-state index in [-0.39, 0.29) is 17.5 Å². The van der Waals surface area contributed by atoms with Crippen molar-refractivity contribution in [2.24, 2.45) is 0 Å². The predicted octanol–water partition coefficient (Wildman–Crippen LogP) is 5.39. The molecule has 1 aromatic heterocycles. The second-order valence-electron chi connectivity index (χ2n) is 5.79. The number of ketones is 1. The van der Waals surface area contributed by atoms with Gasteiger partial charge < -0.3 is 4.42 Å². The molecule has 0 amide bonds. The quantitative estimate of drug-likeness (QED) is 0.368. The van der Waals surface area contributed by atoms with E-state index in [1.54, 1.807) is 48.5 Å². The molecule has 126 valence electrons. The third-order valence-electron chi connectivity index (χ3n) is 3.99. The number of hydrogen-bond donors (Lipinski definition) is 0. The van der Waals surface area contributed by atoms with Gasteiger partial charge in [-0.25, -0.2) is 9.37 Å². The van der Waals surface area contributed by atoms with Gasteiger partial charge in [0.15, 0.2) is 11.4 Å². The zero-order chi connectivity index (χ0) is 17.9. The zero-order valence-electron chi connectivity index (χ0n) is 13.7. The van der Waals surface area contributed by atoms with Gasteiger partial charge in [-0.3, -0.25) is 4.79 Å². The lowest BCUT2D eigenvalue weighted by atomic mass is 10.0. The summed E-state index contributed by atoms with van der Waals surface area (Å²) in [5.41, 5.74) is 2.82. The first-order chi connectivity index (χ1) is 12.7. The van der Waals surface area contributed by atoms with Gasteiger partial charge >= 0.3 is 0 Å². The van der Waals surface area contributed by atoms with Gasteiger partial charge in [0.25, 0.3) is 0 Å². The minimum Gasteiger partial charge on any atom is -0.436 e. The molecule has 4 rings (SSSR count). The Labute approximate surface area is 149 Å². The van der Waals surface area contributed by atoms with E-state index < -0.39 is 0 Å². The molecule has 4 heteroatoms. The molecule has 0 saturated carbocycles. The third kappa shape index (κ3) is 3.17. The number of aromatic nitrogens is 1. The summed E-state index contributed by atoms with van der Waals surface area (Å²) in [5.74, 6) is -0.300. The Kier molecular flexibility index (Phi) is 4.15. The number of fused-ring (bicyclic) bond motifs is 1. The summed E-state index contributed by atoms with van der Waals surface area (Å²) < 4.78 is 19.0. The highest BCUT2D eigenvalue weighted by Crippen LogP contribution is 2.26. The van der Waals surface area contributed by atoms with Crippen molar-refractivity contribution in [2.75, 3.05) is 0 Å². The molecule has 0 saturated heterocycles. The van der Waals surface area contributed by atoms with E-state index >= 15 is 0 Å². The van der Waals surface area contributed by atoms with Gasteiger partial charge in [0.1, 0.15) is 11.3 Å². The molecule has 0 aliphatic carbocycles. The van der Waals surface area contributed by atoms with Gasteiger partial charge in [-0.15, -0.1) is 0 Å². The fourth-order valence-corrected chi connectivity index (χ4v) is 2.68. The van der Waals surface area contributed by atoms with E-state index in [1.807, 2.05) is 24.3 Å². The van der Waals surface area contributed by atoms with Crippen LogP contribution >= 0.6 is 0 Å². The molecule has 0 atom stereocenters. The summed E-state index contributed by atoms with van der Waals surface area (Å²) in [6.07, 6.45) is 1.67. The number of para-hydroxylation sites is 2. The van der Waals surface area contributed by atoms with Gasteiger partial charge in [0.2, 0.25) is 5.89 Å². The van der Waals surface area contributed by atoms with Crippen LogP contribution in [0.2, 0.25) is 0 Å². The maximum absolute atomic E-state index is 13.2. The summed E-state index contributed by atoms with van der Waals surface area (Å²) in [4.78, 5) is 17.5.